The second-order valence-corrected chi connectivity index (χ2v) is 1.73. The average Bonchev–Trinajstić information content (AvgIpc) is 1.35. The minimum atomic E-state index is 0.516. The predicted molar refractivity (Wildman–Crippen MR) is 28.4 cm³/mol. The summed E-state index contributed by atoms with van der Waals surface area (Å²) in [7, 11) is 0. The first kappa shape index (κ1) is 6.09. The molecule has 0 radical (unpaired) electrons. The summed E-state index contributed by atoms with van der Waals surface area (Å²) in [6.07, 6.45) is 0. The van der Waals surface area contributed by atoms with Crippen LogP contribution >= 0.6 is 0 Å². The van der Waals surface area contributed by atoms with Crippen LogP contribution in [0.1, 0.15) is 13.8 Å². The summed E-state index contributed by atoms with van der Waals surface area (Å²) >= 11 is 2.36. The van der Waals surface area contributed by atoms with Crippen molar-refractivity contribution in [2.45, 2.75) is 13.8 Å². The number of hydrogen-bond acceptors (Lipinski definition) is 0. The van der Waals surface area contributed by atoms with Crippen molar-refractivity contribution in [1.82, 2.24) is 0 Å². The molecule has 0 N–H and O–H groups in total. The van der Waals surface area contributed by atoms with Crippen LogP contribution < -0.4 is 0 Å². The molecule has 0 amide bonds. The van der Waals surface area contributed by atoms with Crippen LogP contribution in [0.2, 0.25) is 0 Å². The van der Waals surface area contributed by atoms with Crippen LogP contribution in [0.15, 0.2) is 0 Å². The molecule has 0 unspecified atom stereocenters. The fourth-order valence-corrected chi connectivity index (χ4v) is 0.500. The summed E-state index contributed by atoms with van der Waals surface area (Å²) < 4.78 is 0. The quantitative estimate of drug-likeness (QED) is 0.307. The Hall–Kier alpha value is 0.0925. The summed E-state index contributed by atoms with van der Waals surface area (Å²) in [5, 5.41) is 0. The third kappa shape index (κ3) is 4.09. The minimum absolute atomic E-state index is 0.516. The van der Waals surface area contributed by atoms with Gasteiger partial charge in [0.05, 0.1) is 0 Å². The van der Waals surface area contributed by atoms with Crippen LogP contribution in [0.5, 0.6) is 0 Å². The zero-order valence-corrected chi connectivity index (χ0v) is 5.31. The van der Waals surface area contributed by atoms with Crippen LogP contribution in [0.25, 0.3) is 0 Å². The Morgan fingerprint density at radius 2 is 2.00 bits per heavy atom. The molecule has 0 aliphatic carbocycles. The molecule has 0 saturated carbocycles. The van der Waals surface area contributed by atoms with Gasteiger partial charge in [0, 0.05) is 0 Å². The molecule has 6 heavy (non-hydrogen) atoms. The van der Waals surface area contributed by atoms with E-state index in [2.05, 4.69) is 40.8 Å². The molecule has 28 valence electrons. The van der Waals surface area contributed by atoms with Crippen LogP contribution in [0.4, 0.5) is 0 Å². The van der Waals surface area contributed by atoms with E-state index in [1.807, 2.05) is 0 Å². The molecule has 0 bridgehead atoms. The molecule has 0 rings (SSSR count). The molecule has 0 heterocycles. The SMILES string of the molecule is CC(C)C#[C][Al+2]. The van der Waals surface area contributed by atoms with Crippen molar-refractivity contribution < 1.29 is 0 Å². The van der Waals surface area contributed by atoms with Gasteiger partial charge in [-0.25, -0.2) is 0 Å². The van der Waals surface area contributed by atoms with Gasteiger partial charge in [-0.1, -0.05) is 0 Å². The first-order valence-corrected chi connectivity index (χ1v) is 2.56. The summed E-state index contributed by atoms with van der Waals surface area (Å²) in [6.45, 7) is 4.13. The third-order valence-electron chi connectivity index (χ3n) is 0.372. The molecule has 0 spiro atoms. The van der Waals surface area contributed by atoms with Gasteiger partial charge in [0.25, 0.3) is 0 Å². The molecule has 0 aromatic carbocycles. The molecule has 0 aliphatic rings. The number of rotatable bonds is 0. The second-order valence-electron chi connectivity index (χ2n) is 1.44. The molecule has 0 aromatic rings. The number of hydrogen-bond donors (Lipinski definition) is 0. The van der Waals surface area contributed by atoms with E-state index in [1.54, 1.807) is 0 Å². The van der Waals surface area contributed by atoms with Gasteiger partial charge < -0.3 is 0 Å². The van der Waals surface area contributed by atoms with Crippen molar-refractivity contribution in [2.24, 2.45) is 5.92 Å². The Morgan fingerprint density at radius 1 is 1.50 bits per heavy atom. The summed E-state index contributed by atoms with van der Waals surface area (Å²) in [5.74, 6) is 3.44. The van der Waals surface area contributed by atoms with Crippen molar-refractivity contribution in [3.8, 4) is 10.7 Å². The fourth-order valence-electron chi connectivity index (χ4n) is 0.167. The van der Waals surface area contributed by atoms with E-state index >= 15 is 0 Å². The summed E-state index contributed by atoms with van der Waals surface area (Å²) in [5.41, 5.74) is 0. The summed E-state index contributed by atoms with van der Waals surface area (Å²) in [4.78, 5) is 2.73. The molecular weight excluding hydrogens is 87.0 g/mol. The average molecular weight is 94.1 g/mol. The molecule has 0 aromatic heterocycles. The van der Waals surface area contributed by atoms with Gasteiger partial charge in [-0.3, -0.25) is 0 Å². The Morgan fingerprint density at radius 3 is 2.00 bits per heavy atom. The van der Waals surface area contributed by atoms with E-state index in [0.29, 0.717) is 5.92 Å². The molecule has 0 saturated heterocycles. The second kappa shape index (κ2) is 3.29. The van der Waals surface area contributed by atoms with Gasteiger partial charge in [0.15, 0.2) is 0 Å². The third-order valence-corrected chi connectivity index (χ3v) is 0.539. The Kier molecular flexibility index (Phi) is 3.34. The van der Waals surface area contributed by atoms with E-state index in [1.165, 1.54) is 0 Å². The first-order valence-electron chi connectivity index (χ1n) is 1.98. The molecule has 1 heteroatoms. The van der Waals surface area contributed by atoms with Crippen LogP contribution in [-0.2, 0) is 0 Å². The zero-order valence-electron chi connectivity index (χ0n) is 4.15. The van der Waals surface area contributed by atoms with E-state index < -0.39 is 0 Å². The predicted octanol–water partition coefficient (Wildman–Crippen LogP) is 0.772. The van der Waals surface area contributed by atoms with Gasteiger partial charge in [-0.05, 0) is 0 Å². The van der Waals surface area contributed by atoms with Gasteiger partial charge in [-0.15, -0.1) is 0 Å². The van der Waals surface area contributed by atoms with E-state index in [4.69, 9.17) is 0 Å². The summed E-state index contributed by atoms with van der Waals surface area (Å²) in [6, 6.07) is 0. The Balaban J connectivity index is 3.20. The molecule has 0 nitrogen and oxygen atoms in total. The fraction of sp³-hybridized carbons (Fsp3) is 0.600. The van der Waals surface area contributed by atoms with E-state index in [-0.39, 0.29) is 0 Å². The monoisotopic (exact) mass is 94.0 g/mol. The Labute approximate surface area is 47.4 Å². The van der Waals surface area contributed by atoms with Crippen molar-refractivity contribution in [2.75, 3.05) is 0 Å². The van der Waals surface area contributed by atoms with Gasteiger partial charge in [0.2, 0.25) is 0 Å². The maximum atomic E-state index is 2.92. The van der Waals surface area contributed by atoms with E-state index in [0.717, 1.165) is 0 Å². The van der Waals surface area contributed by atoms with Crippen molar-refractivity contribution in [1.29, 1.82) is 0 Å². The molecular formula is C5H7Al+2. The van der Waals surface area contributed by atoms with Gasteiger partial charge in [-0.2, -0.15) is 0 Å². The first-order chi connectivity index (χ1) is 2.77. The standard InChI is InChI=1S/C5H7.Al/c1-4-5(2)3;/h5H,2-3H3;/q;+2. The van der Waals surface area contributed by atoms with E-state index in [9.17, 15) is 0 Å². The zero-order chi connectivity index (χ0) is 4.99. The normalized spacial score (nSPS) is 7.50. The molecule has 0 aliphatic heterocycles. The van der Waals surface area contributed by atoms with Crippen LogP contribution in [0.3, 0.4) is 0 Å². The maximum absolute atomic E-state index is 2.92. The molecule has 0 atom stereocenters. The van der Waals surface area contributed by atoms with Crippen molar-refractivity contribution >= 4 is 16.3 Å². The molecule has 0 fully saturated rings. The Bertz CT molecular complexity index is 73.7. The van der Waals surface area contributed by atoms with Crippen LogP contribution in [-0.4, -0.2) is 16.3 Å². The van der Waals surface area contributed by atoms with Crippen molar-refractivity contribution in [3.05, 3.63) is 0 Å². The van der Waals surface area contributed by atoms with Crippen molar-refractivity contribution in [3.63, 3.8) is 0 Å². The topological polar surface area (TPSA) is 0 Å². The van der Waals surface area contributed by atoms with Gasteiger partial charge >= 0.3 is 46.8 Å². The van der Waals surface area contributed by atoms with Gasteiger partial charge in [0.1, 0.15) is 0 Å². The van der Waals surface area contributed by atoms with Crippen LogP contribution in [0, 0.1) is 16.6 Å².